The van der Waals surface area contributed by atoms with Crippen molar-refractivity contribution in [3.05, 3.63) is 34.7 Å². The Morgan fingerprint density at radius 3 is 2.50 bits per heavy atom. The molecular formula is C12H15ClN4O3. The average Bonchev–Trinajstić information content (AvgIpc) is 2.44. The van der Waals surface area contributed by atoms with Crippen molar-refractivity contribution < 1.29 is 9.59 Å². The Bertz CT molecular complexity index is 478. The number of nitroso groups, excluding NO2 is 1. The molecule has 8 heteroatoms. The third-order valence-electron chi connectivity index (χ3n) is 2.36. The van der Waals surface area contributed by atoms with Crippen LogP contribution in [-0.4, -0.2) is 35.9 Å². The minimum atomic E-state index is -0.764. The first-order valence-corrected chi connectivity index (χ1v) is 6.41. The quantitative estimate of drug-likeness (QED) is 0.477. The van der Waals surface area contributed by atoms with Gasteiger partial charge in [-0.05, 0) is 19.1 Å². The molecular weight excluding hydrogens is 284 g/mol. The first kappa shape index (κ1) is 15.9. The maximum absolute atomic E-state index is 11.6. The highest BCUT2D eigenvalue weighted by Crippen LogP contribution is 2.07. The molecule has 0 aromatic heterocycles. The highest BCUT2D eigenvalue weighted by molar-refractivity contribution is 6.18. The molecule has 0 heterocycles. The summed E-state index contributed by atoms with van der Waals surface area (Å²) in [6.07, 6.45) is 0. The van der Waals surface area contributed by atoms with E-state index in [-0.39, 0.29) is 19.0 Å². The van der Waals surface area contributed by atoms with Gasteiger partial charge >= 0.3 is 6.03 Å². The third-order valence-corrected chi connectivity index (χ3v) is 2.53. The van der Waals surface area contributed by atoms with Crippen molar-refractivity contribution in [1.29, 1.82) is 0 Å². The van der Waals surface area contributed by atoms with Crippen molar-refractivity contribution in [2.75, 3.05) is 24.3 Å². The second-order valence-electron chi connectivity index (χ2n) is 3.97. The lowest BCUT2D eigenvalue weighted by Gasteiger charge is -2.12. The summed E-state index contributed by atoms with van der Waals surface area (Å²) < 4.78 is 0. The van der Waals surface area contributed by atoms with Crippen LogP contribution in [0.25, 0.3) is 0 Å². The zero-order chi connectivity index (χ0) is 15.0. The fraction of sp³-hybridized carbons (Fsp3) is 0.333. The standard InChI is InChI=1S/C12H15ClN4O3/c1-9-2-4-10(5-3-9)15-11(18)8-14-12(19)17(16-20)7-6-13/h2-5H,6-8H2,1H3,(H,14,19)(H,15,18). The zero-order valence-electron chi connectivity index (χ0n) is 10.9. The van der Waals surface area contributed by atoms with Gasteiger partial charge < -0.3 is 10.6 Å². The SMILES string of the molecule is Cc1ccc(NC(=O)CNC(=O)N(CCCl)N=O)cc1. The molecule has 20 heavy (non-hydrogen) atoms. The van der Waals surface area contributed by atoms with Crippen LogP contribution in [-0.2, 0) is 4.79 Å². The number of amides is 3. The van der Waals surface area contributed by atoms with Crippen molar-refractivity contribution in [3.63, 3.8) is 0 Å². The minimum absolute atomic E-state index is 0.0174. The molecule has 0 fully saturated rings. The van der Waals surface area contributed by atoms with Gasteiger partial charge in [-0.2, -0.15) is 5.01 Å². The summed E-state index contributed by atoms with van der Waals surface area (Å²) in [4.78, 5) is 33.4. The van der Waals surface area contributed by atoms with Gasteiger partial charge in [-0.3, -0.25) is 4.79 Å². The van der Waals surface area contributed by atoms with E-state index in [4.69, 9.17) is 11.6 Å². The second-order valence-corrected chi connectivity index (χ2v) is 4.34. The molecule has 1 rings (SSSR count). The number of benzene rings is 1. The number of anilines is 1. The molecule has 1 aromatic carbocycles. The van der Waals surface area contributed by atoms with E-state index in [0.29, 0.717) is 10.7 Å². The Morgan fingerprint density at radius 2 is 1.95 bits per heavy atom. The van der Waals surface area contributed by atoms with Crippen LogP contribution in [0.2, 0.25) is 0 Å². The fourth-order valence-corrected chi connectivity index (χ4v) is 1.51. The van der Waals surface area contributed by atoms with Gasteiger partial charge in [0, 0.05) is 11.6 Å². The number of aryl methyl sites for hydroxylation is 1. The number of halogens is 1. The maximum Gasteiger partial charge on any atom is 0.340 e. The molecule has 3 amide bonds. The number of hydrogen-bond acceptors (Lipinski definition) is 4. The first-order chi connectivity index (χ1) is 9.56. The Morgan fingerprint density at radius 1 is 1.30 bits per heavy atom. The van der Waals surface area contributed by atoms with Gasteiger partial charge in [0.1, 0.15) is 0 Å². The molecule has 0 aliphatic heterocycles. The summed E-state index contributed by atoms with van der Waals surface area (Å²) >= 11 is 5.40. The molecule has 2 N–H and O–H groups in total. The molecule has 0 atom stereocenters. The molecule has 0 saturated heterocycles. The van der Waals surface area contributed by atoms with E-state index in [1.807, 2.05) is 19.1 Å². The van der Waals surface area contributed by atoms with Crippen LogP contribution in [0.4, 0.5) is 10.5 Å². The maximum atomic E-state index is 11.6. The molecule has 1 aromatic rings. The van der Waals surface area contributed by atoms with Gasteiger partial charge in [0.05, 0.1) is 18.4 Å². The average molecular weight is 299 g/mol. The molecule has 0 spiro atoms. The summed E-state index contributed by atoms with van der Waals surface area (Å²) in [5.41, 5.74) is 1.70. The van der Waals surface area contributed by atoms with Gasteiger partial charge in [-0.25, -0.2) is 4.79 Å². The van der Waals surface area contributed by atoms with Gasteiger partial charge in [0.15, 0.2) is 0 Å². The number of rotatable bonds is 6. The van der Waals surface area contributed by atoms with Gasteiger partial charge in [0.2, 0.25) is 5.91 Å². The normalized spacial score (nSPS) is 9.70. The van der Waals surface area contributed by atoms with E-state index < -0.39 is 11.9 Å². The van der Waals surface area contributed by atoms with Crippen LogP contribution < -0.4 is 10.6 Å². The van der Waals surface area contributed by atoms with Gasteiger partial charge in [-0.15, -0.1) is 16.5 Å². The molecule has 0 saturated carbocycles. The Labute approximate surface area is 121 Å². The number of nitrogens with zero attached hydrogens (tertiary/aromatic N) is 2. The number of alkyl halides is 1. The lowest BCUT2D eigenvalue weighted by atomic mass is 10.2. The zero-order valence-corrected chi connectivity index (χ0v) is 11.7. The van der Waals surface area contributed by atoms with Crippen LogP contribution in [0.1, 0.15) is 5.56 Å². The largest absolute Gasteiger partial charge is 0.340 e. The van der Waals surface area contributed by atoms with Crippen LogP contribution in [0.3, 0.4) is 0 Å². The van der Waals surface area contributed by atoms with Crippen molar-refractivity contribution >= 4 is 29.2 Å². The highest BCUT2D eigenvalue weighted by Gasteiger charge is 2.14. The van der Waals surface area contributed by atoms with Crippen LogP contribution in [0, 0.1) is 11.8 Å². The van der Waals surface area contributed by atoms with Crippen LogP contribution >= 0.6 is 11.6 Å². The first-order valence-electron chi connectivity index (χ1n) is 5.88. The fourth-order valence-electron chi connectivity index (χ4n) is 1.35. The second kappa shape index (κ2) is 8.11. The van der Waals surface area contributed by atoms with Crippen molar-refractivity contribution in [1.82, 2.24) is 10.3 Å². The number of carbonyl (C=O) groups is 2. The molecule has 7 nitrogen and oxygen atoms in total. The van der Waals surface area contributed by atoms with E-state index in [1.54, 1.807) is 12.1 Å². The lowest BCUT2D eigenvalue weighted by Crippen LogP contribution is -2.41. The summed E-state index contributed by atoms with van der Waals surface area (Å²) in [6.45, 7) is 1.65. The van der Waals surface area contributed by atoms with Crippen molar-refractivity contribution in [2.45, 2.75) is 6.92 Å². The number of hydrogen-bond donors (Lipinski definition) is 2. The third kappa shape index (κ3) is 5.23. The van der Waals surface area contributed by atoms with E-state index in [0.717, 1.165) is 5.56 Å². The molecule has 0 aliphatic rings. The van der Waals surface area contributed by atoms with E-state index in [2.05, 4.69) is 15.9 Å². The molecule has 0 bridgehead atoms. The number of nitrogens with one attached hydrogen (secondary N) is 2. The van der Waals surface area contributed by atoms with E-state index >= 15 is 0 Å². The monoisotopic (exact) mass is 298 g/mol. The summed E-state index contributed by atoms with van der Waals surface area (Å²) in [7, 11) is 0. The lowest BCUT2D eigenvalue weighted by molar-refractivity contribution is -0.115. The Balaban J connectivity index is 2.41. The van der Waals surface area contributed by atoms with E-state index in [9.17, 15) is 14.5 Å². The Kier molecular flexibility index (Phi) is 6.45. The molecule has 108 valence electrons. The van der Waals surface area contributed by atoms with Crippen molar-refractivity contribution in [2.24, 2.45) is 5.29 Å². The topological polar surface area (TPSA) is 90.9 Å². The minimum Gasteiger partial charge on any atom is -0.327 e. The Hall–Kier alpha value is -2.15. The number of urea groups is 1. The predicted molar refractivity (Wildman–Crippen MR) is 76.4 cm³/mol. The van der Waals surface area contributed by atoms with E-state index in [1.165, 1.54) is 0 Å². The van der Waals surface area contributed by atoms with Gasteiger partial charge in [-0.1, -0.05) is 17.7 Å². The smallest absolute Gasteiger partial charge is 0.327 e. The van der Waals surface area contributed by atoms with Crippen molar-refractivity contribution in [3.8, 4) is 0 Å². The van der Waals surface area contributed by atoms with Crippen LogP contribution in [0.5, 0.6) is 0 Å². The van der Waals surface area contributed by atoms with Gasteiger partial charge in [0.25, 0.3) is 0 Å². The van der Waals surface area contributed by atoms with Crippen LogP contribution in [0.15, 0.2) is 29.6 Å². The molecule has 0 radical (unpaired) electrons. The number of carbonyl (C=O) groups excluding carboxylic acids is 2. The summed E-state index contributed by atoms with van der Waals surface area (Å²) in [5, 5.41) is 8.00. The molecule has 0 unspecified atom stereocenters. The highest BCUT2D eigenvalue weighted by atomic mass is 35.5. The predicted octanol–water partition coefficient (Wildman–Crippen LogP) is 1.87. The summed E-state index contributed by atoms with van der Waals surface area (Å²) in [5.74, 6) is -0.326. The summed E-state index contributed by atoms with van der Waals surface area (Å²) in [6, 6.07) is 6.45. The molecule has 0 aliphatic carbocycles.